The van der Waals surface area contributed by atoms with Crippen LogP contribution in [-0.4, -0.2) is 18.4 Å². The van der Waals surface area contributed by atoms with E-state index in [4.69, 9.17) is 32.7 Å². The first-order valence-electron chi connectivity index (χ1n) is 8.37. The predicted octanol–water partition coefficient (Wildman–Crippen LogP) is 6.11. The number of phenols is 1. The van der Waals surface area contributed by atoms with Gasteiger partial charge in [0, 0.05) is 17.2 Å². The minimum Gasteiger partial charge on any atom is -0.504 e. The average Bonchev–Trinajstić information content (AvgIpc) is 2.60. The van der Waals surface area contributed by atoms with Gasteiger partial charge in [-0.2, -0.15) is 0 Å². The van der Waals surface area contributed by atoms with Crippen LogP contribution in [0.3, 0.4) is 0 Å². The molecule has 0 saturated heterocycles. The molecule has 0 heterocycles. The van der Waals surface area contributed by atoms with E-state index in [0.717, 1.165) is 12.8 Å². The lowest BCUT2D eigenvalue weighted by Crippen LogP contribution is -2.09. The molecule has 4 nitrogen and oxygen atoms in total. The van der Waals surface area contributed by atoms with Crippen molar-refractivity contribution in [3.8, 4) is 17.2 Å². The van der Waals surface area contributed by atoms with Crippen molar-refractivity contribution >= 4 is 28.9 Å². The summed E-state index contributed by atoms with van der Waals surface area (Å²) < 4.78 is 11.3. The Morgan fingerprint density at radius 3 is 2.44 bits per heavy atom. The van der Waals surface area contributed by atoms with Crippen LogP contribution in [0.2, 0.25) is 10.0 Å². The normalized spacial score (nSPS) is 10.5. The fourth-order valence-electron chi connectivity index (χ4n) is 2.24. The van der Waals surface area contributed by atoms with Crippen LogP contribution >= 0.6 is 23.2 Å². The first kappa shape index (κ1) is 19.5. The third-order valence-electron chi connectivity index (χ3n) is 3.62. The molecule has 0 amide bonds. The number of anilines is 1. The first-order valence-corrected chi connectivity index (χ1v) is 9.13. The summed E-state index contributed by atoms with van der Waals surface area (Å²) in [6.07, 6.45) is 4.53. The molecule has 0 aliphatic heterocycles. The Kier molecular flexibility index (Phi) is 8.02. The van der Waals surface area contributed by atoms with E-state index in [1.165, 1.54) is 12.8 Å². The van der Waals surface area contributed by atoms with Gasteiger partial charge in [0.25, 0.3) is 0 Å². The summed E-state index contributed by atoms with van der Waals surface area (Å²) >= 11 is 11.9. The van der Waals surface area contributed by atoms with Gasteiger partial charge in [-0.3, -0.25) is 0 Å². The molecule has 0 aromatic heterocycles. The van der Waals surface area contributed by atoms with E-state index in [1.807, 2.05) is 0 Å². The van der Waals surface area contributed by atoms with E-state index < -0.39 is 0 Å². The number of phenolic OH excluding ortho intramolecular Hbond substituents is 1. The fourth-order valence-corrected chi connectivity index (χ4v) is 2.57. The van der Waals surface area contributed by atoms with E-state index in [-0.39, 0.29) is 17.5 Å². The van der Waals surface area contributed by atoms with Crippen LogP contribution < -0.4 is 14.8 Å². The largest absolute Gasteiger partial charge is 0.504 e. The second kappa shape index (κ2) is 10.3. The van der Waals surface area contributed by atoms with Crippen molar-refractivity contribution in [3.63, 3.8) is 0 Å². The Morgan fingerprint density at radius 2 is 1.72 bits per heavy atom. The molecular formula is C19H23Cl2NO3. The van der Waals surface area contributed by atoms with Crippen molar-refractivity contribution in [2.75, 3.05) is 18.7 Å². The fraction of sp³-hybridized carbons (Fsp3) is 0.368. The zero-order valence-electron chi connectivity index (χ0n) is 14.2. The van der Waals surface area contributed by atoms with Crippen molar-refractivity contribution in [2.24, 2.45) is 0 Å². The Hall–Kier alpha value is -1.78. The van der Waals surface area contributed by atoms with Gasteiger partial charge in [-0.15, -0.1) is 0 Å². The highest BCUT2D eigenvalue weighted by Crippen LogP contribution is 2.36. The molecule has 0 unspecified atom stereocenters. The summed E-state index contributed by atoms with van der Waals surface area (Å²) in [7, 11) is 0. The van der Waals surface area contributed by atoms with Gasteiger partial charge in [0.1, 0.15) is 11.5 Å². The number of unbranched alkanes of at least 4 members (excludes halogenated alkanes) is 3. The van der Waals surface area contributed by atoms with Gasteiger partial charge < -0.3 is 19.9 Å². The van der Waals surface area contributed by atoms with Gasteiger partial charge in [-0.05, 0) is 30.7 Å². The Bertz CT molecular complexity index is 662. The summed E-state index contributed by atoms with van der Waals surface area (Å²) in [4.78, 5) is 0. The van der Waals surface area contributed by atoms with Crippen LogP contribution in [0, 0.1) is 0 Å². The molecule has 6 heteroatoms. The first-order chi connectivity index (χ1) is 12.1. The van der Waals surface area contributed by atoms with Gasteiger partial charge in [0.2, 0.25) is 0 Å². The lowest BCUT2D eigenvalue weighted by atomic mass is 10.2. The number of hydrogen-bond donors (Lipinski definition) is 2. The van der Waals surface area contributed by atoms with Gasteiger partial charge in [0.15, 0.2) is 12.5 Å². The molecule has 25 heavy (non-hydrogen) atoms. The molecule has 0 aliphatic rings. The zero-order chi connectivity index (χ0) is 18.1. The molecule has 0 bridgehead atoms. The van der Waals surface area contributed by atoms with E-state index >= 15 is 0 Å². The van der Waals surface area contributed by atoms with Crippen LogP contribution in [0.15, 0.2) is 36.4 Å². The summed E-state index contributed by atoms with van der Waals surface area (Å²) in [6, 6.07) is 10.4. The summed E-state index contributed by atoms with van der Waals surface area (Å²) in [5.74, 6) is 1.26. The minimum absolute atomic E-state index is 0.0281. The van der Waals surface area contributed by atoms with Crippen LogP contribution in [-0.2, 0) is 0 Å². The number of hydrogen-bond acceptors (Lipinski definition) is 4. The summed E-state index contributed by atoms with van der Waals surface area (Å²) in [5.41, 5.74) is 0.463. The lowest BCUT2D eigenvalue weighted by Gasteiger charge is -2.14. The molecule has 2 N–H and O–H groups in total. The molecule has 0 saturated carbocycles. The monoisotopic (exact) mass is 383 g/mol. The van der Waals surface area contributed by atoms with Crippen molar-refractivity contribution in [1.29, 1.82) is 0 Å². The topological polar surface area (TPSA) is 50.7 Å². The van der Waals surface area contributed by atoms with E-state index in [1.54, 1.807) is 36.4 Å². The molecule has 0 spiro atoms. The maximum atomic E-state index is 10.1. The third-order valence-corrected chi connectivity index (χ3v) is 4.16. The number of rotatable bonds is 10. The third kappa shape index (κ3) is 6.56. The lowest BCUT2D eigenvalue weighted by molar-refractivity contribution is 0.304. The molecule has 0 fully saturated rings. The van der Waals surface area contributed by atoms with Crippen molar-refractivity contribution in [1.82, 2.24) is 0 Å². The number of benzene rings is 2. The molecule has 0 atom stereocenters. The summed E-state index contributed by atoms with van der Waals surface area (Å²) in [5, 5.41) is 14.0. The predicted molar refractivity (Wildman–Crippen MR) is 103 cm³/mol. The van der Waals surface area contributed by atoms with E-state index in [0.29, 0.717) is 28.8 Å². The van der Waals surface area contributed by atoms with Gasteiger partial charge in [-0.1, -0.05) is 49.4 Å². The Labute approximate surface area is 158 Å². The van der Waals surface area contributed by atoms with Crippen LogP contribution in [0.4, 0.5) is 5.69 Å². The maximum absolute atomic E-state index is 10.1. The number of nitrogens with one attached hydrogen (secondary N) is 1. The standard InChI is InChI=1S/C19H23Cl2NO3/c1-2-3-4-5-10-24-16-11-17(21)19(23)18(12-16)22-13-25-15-8-6-14(20)7-9-15/h6-9,11-12,22-23H,2-5,10,13H2,1H3. The molecule has 2 aromatic carbocycles. The van der Waals surface area contributed by atoms with Crippen LogP contribution in [0.25, 0.3) is 0 Å². The zero-order valence-corrected chi connectivity index (χ0v) is 15.7. The molecule has 2 aromatic rings. The van der Waals surface area contributed by atoms with Crippen LogP contribution in [0.5, 0.6) is 17.2 Å². The van der Waals surface area contributed by atoms with Crippen molar-refractivity contribution < 1.29 is 14.6 Å². The van der Waals surface area contributed by atoms with Crippen LogP contribution in [0.1, 0.15) is 32.6 Å². The highest BCUT2D eigenvalue weighted by atomic mass is 35.5. The quantitative estimate of drug-likeness (QED) is 0.295. The van der Waals surface area contributed by atoms with Gasteiger partial charge in [0.05, 0.1) is 17.3 Å². The molecular weight excluding hydrogens is 361 g/mol. The van der Waals surface area contributed by atoms with E-state index in [9.17, 15) is 5.11 Å². The van der Waals surface area contributed by atoms with Crippen molar-refractivity contribution in [2.45, 2.75) is 32.6 Å². The molecule has 136 valence electrons. The molecule has 0 aliphatic carbocycles. The number of aromatic hydroxyl groups is 1. The SMILES string of the molecule is CCCCCCOc1cc(Cl)c(O)c(NCOc2ccc(Cl)cc2)c1. The van der Waals surface area contributed by atoms with Gasteiger partial charge >= 0.3 is 0 Å². The molecule has 0 radical (unpaired) electrons. The Balaban J connectivity index is 1.89. The Morgan fingerprint density at radius 1 is 0.960 bits per heavy atom. The molecule has 2 rings (SSSR count). The maximum Gasteiger partial charge on any atom is 0.159 e. The number of halogens is 2. The highest BCUT2D eigenvalue weighted by Gasteiger charge is 2.09. The van der Waals surface area contributed by atoms with E-state index in [2.05, 4.69) is 12.2 Å². The average molecular weight is 384 g/mol. The second-order valence-electron chi connectivity index (χ2n) is 5.63. The smallest absolute Gasteiger partial charge is 0.159 e. The summed E-state index contributed by atoms with van der Waals surface area (Å²) in [6.45, 7) is 2.97. The highest BCUT2D eigenvalue weighted by molar-refractivity contribution is 6.32. The van der Waals surface area contributed by atoms with Gasteiger partial charge in [-0.25, -0.2) is 0 Å². The minimum atomic E-state index is -0.0281. The van der Waals surface area contributed by atoms with Crippen molar-refractivity contribution in [3.05, 3.63) is 46.4 Å². The number of ether oxygens (including phenoxy) is 2. The second-order valence-corrected chi connectivity index (χ2v) is 6.47.